The molecule has 0 saturated heterocycles. The van der Waals surface area contributed by atoms with Crippen LogP contribution in [0.3, 0.4) is 0 Å². The average Bonchev–Trinajstić information content (AvgIpc) is 3.38. The quantitative estimate of drug-likeness (QED) is 0.907. The Morgan fingerprint density at radius 1 is 1.04 bits per heavy atom. The molecule has 3 rings (SSSR count). The van der Waals surface area contributed by atoms with Gasteiger partial charge in [0.25, 0.3) is 15.9 Å². The largest absolute Gasteiger partial charge is 0.349 e. The van der Waals surface area contributed by atoms with Crippen molar-refractivity contribution in [3.8, 4) is 0 Å². The summed E-state index contributed by atoms with van der Waals surface area (Å²) in [6.45, 7) is 1.91. The molecule has 1 aliphatic carbocycles. The number of amides is 1. The van der Waals surface area contributed by atoms with Crippen molar-refractivity contribution in [2.24, 2.45) is 0 Å². The summed E-state index contributed by atoms with van der Waals surface area (Å²) in [6.07, 6.45) is 2.06. The molecule has 1 N–H and O–H groups in total. The number of carbonyl (C=O) groups excluding carboxylic acids is 1. The van der Waals surface area contributed by atoms with Gasteiger partial charge in [-0.3, -0.25) is 9.10 Å². The van der Waals surface area contributed by atoms with Gasteiger partial charge in [0, 0.05) is 18.7 Å². The Labute approximate surface area is 142 Å². The maximum atomic E-state index is 12.7. The van der Waals surface area contributed by atoms with Gasteiger partial charge in [0.1, 0.15) is 0 Å². The summed E-state index contributed by atoms with van der Waals surface area (Å²) in [4.78, 5) is 12.2. The maximum absolute atomic E-state index is 12.7. The molecule has 1 saturated carbocycles. The Morgan fingerprint density at radius 3 is 2.17 bits per heavy atom. The number of hydrogen-bond acceptors (Lipinski definition) is 3. The van der Waals surface area contributed by atoms with Crippen molar-refractivity contribution in [2.75, 3.05) is 11.4 Å². The number of nitrogens with one attached hydrogen (secondary N) is 1. The molecule has 2 aromatic rings. The predicted octanol–water partition coefficient (Wildman–Crippen LogP) is 2.71. The molecule has 2 aromatic carbocycles. The van der Waals surface area contributed by atoms with E-state index in [1.54, 1.807) is 48.5 Å². The number of carbonyl (C=O) groups is 1. The normalized spacial score (nSPS) is 14.2. The van der Waals surface area contributed by atoms with Gasteiger partial charge in [-0.25, -0.2) is 8.42 Å². The number of benzene rings is 2. The number of aryl methyl sites for hydroxylation is 1. The molecule has 0 bridgehead atoms. The second kappa shape index (κ2) is 6.28. The Balaban J connectivity index is 1.79. The Bertz CT molecular complexity index is 839. The van der Waals surface area contributed by atoms with Crippen LogP contribution in [0, 0.1) is 6.92 Å². The molecule has 1 amide bonds. The SMILES string of the molecule is Cc1ccc(S(=O)(=O)N(C)c2ccc(C(=O)NC3CC3)cc2)cc1. The smallest absolute Gasteiger partial charge is 0.264 e. The fourth-order valence-electron chi connectivity index (χ4n) is 2.33. The number of rotatable bonds is 5. The summed E-state index contributed by atoms with van der Waals surface area (Å²) in [5.41, 5.74) is 2.05. The van der Waals surface area contributed by atoms with Gasteiger partial charge in [-0.15, -0.1) is 0 Å². The lowest BCUT2D eigenvalue weighted by molar-refractivity contribution is 0.0951. The number of nitrogens with zero attached hydrogens (tertiary/aromatic N) is 1. The molecular weight excluding hydrogens is 324 g/mol. The lowest BCUT2D eigenvalue weighted by atomic mass is 10.2. The first kappa shape index (κ1) is 16.5. The highest BCUT2D eigenvalue weighted by Crippen LogP contribution is 2.23. The first-order chi connectivity index (χ1) is 11.4. The van der Waals surface area contributed by atoms with Crippen LogP contribution in [0.5, 0.6) is 0 Å². The van der Waals surface area contributed by atoms with Crippen molar-refractivity contribution in [1.29, 1.82) is 0 Å². The fraction of sp³-hybridized carbons (Fsp3) is 0.278. The summed E-state index contributed by atoms with van der Waals surface area (Å²) < 4.78 is 26.5. The molecule has 0 aliphatic heterocycles. The predicted molar refractivity (Wildman–Crippen MR) is 93.7 cm³/mol. The molecule has 0 radical (unpaired) electrons. The van der Waals surface area contributed by atoms with Gasteiger partial charge in [-0.05, 0) is 56.2 Å². The number of sulfonamides is 1. The van der Waals surface area contributed by atoms with E-state index in [1.807, 2.05) is 6.92 Å². The zero-order valence-electron chi connectivity index (χ0n) is 13.7. The number of hydrogen-bond donors (Lipinski definition) is 1. The second-order valence-electron chi connectivity index (χ2n) is 6.08. The van der Waals surface area contributed by atoms with Gasteiger partial charge in [-0.2, -0.15) is 0 Å². The van der Waals surface area contributed by atoms with Crippen molar-refractivity contribution in [2.45, 2.75) is 30.7 Å². The highest BCUT2D eigenvalue weighted by Gasteiger charge is 2.24. The first-order valence-corrected chi connectivity index (χ1v) is 9.28. The van der Waals surface area contributed by atoms with Crippen LogP contribution in [0.25, 0.3) is 0 Å². The standard InChI is InChI=1S/C18H20N2O3S/c1-13-3-11-17(12-4-13)24(22,23)20(2)16-9-5-14(6-10-16)18(21)19-15-7-8-15/h3-6,9-12,15H,7-8H2,1-2H3,(H,19,21). The van der Waals surface area contributed by atoms with E-state index < -0.39 is 10.0 Å². The average molecular weight is 344 g/mol. The second-order valence-corrected chi connectivity index (χ2v) is 8.05. The van der Waals surface area contributed by atoms with Crippen LogP contribution in [0.15, 0.2) is 53.4 Å². The maximum Gasteiger partial charge on any atom is 0.264 e. The highest BCUT2D eigenvalue weighted by molar-refractivity contribution is 7.92. The van der Waals surface area contributed by atoms with E-state index in [0.717, 1.165) is 18.4 Å². The van der Waals surface area contributed by atoms with Gasteiger partial charge in [0.05, 0.1) is 10.6 Å². The molecule has 1 fully saturated rings. The van der Waals surface area contributed by atoms with Crippen molar-refractivity contribution < 1.29 is 13.2 Å². The monoisotopic (exact) mass is 344 g/mol. The highest BCUT2D eigenvalue weighted by atomic mass is 32.2. The number of anilines is 1. The van der Waals surface area contributed by atoms with E-state index in [2.05, 4.69) is 5.32 Å². The Kier molecular flexibility index (Phi) is 4.32. The summed E-state index contributed by atoms with van der Waals surface area (Å²) in [6, 6.07) is 13.6. The minimum Gasteiger partial charge on any atom is -0.349 e. The van der Waals surface area contributed by atoms with Crippen LogP contribution in [-0.2, 0) is 10.0 Å². The van der Waals surface area contributed by atoms with E-state index in [-0.39, 0.29) is 10.8 Å². The summed E-state index contributed by atoms with van der Waals surface area (Å²) >= 11 is 0. The third-order valence-corrected chi connectivity index (χ3v) is 5.88. The Morgan fingerprint density at radius 2 is 1.62 bits per heavy atom. The van der Waals surface area contributed by atoms with Crippen LogP contribution in [0.2, 0.25) is 0 Å². The molecule has 0 aromatic heterocycles. The molecule has 126 valence electrons. The van der Waals surface area contributed by atoms with E-state index in [1.165, 1.54) is 11.4 Å². The molecule has 1 aliphatic rings. The lowest BCUT2D eigenvalue weighted by Gasteiger charge is -2.20. The molecule has 6 heteroatoms. The minimum atomic E-state index is -3.62. The summed E-state index contributed by atoms with van der Waals surface area (Å²) in [5, 5.41) is 2.91. The van der Waals surface area contributed by atoms with Crippen LogP contribution < -0.4 is 9.62 Å². The fourth-order valence-corrected chi connectivity index (χ4v) is 3.52. The summed E-state index contributed by atoms with van der Waals surface area (Å²) in [7, 11) is -2.11. The van der Waals surface area contributed by atoms with Crippen molar-refractivity contribution in [3.63, 3.8) is 0 Å². The molecule has 0 unspecified atom stereocenters. The molecule has 5 nitrogen and oxygen atoms in total. The Hall–Kier alpha value is -2.34. The van der Waals surface area contributed by atoms with Crippen LogP contribution in [0.1, 0.15) is 28.8 Å². The first-order valence-electron chi connectivity index (χ1n) is 7.84. The zero-order valence-corrected chi connectivity index (χ0v) is 14.5. The summed E-state index contributed by atoms with van der Waals surface area (Å²) in [5.74, 6) is -0.118. The van der Waals surface area contributed by atoms with Crippen LogP contribution in [-0.4, -0.2) is 27.4 Å². The van der Waals surface area contributed by atoms with Gasteiger partial charge in [0.2, 0.25) is 0 Å². The van der Waals surface area contributed by atoms with E-state index >= 15 is 0 Å². The molecule has 0 atom stereocenters. The minimum absolute atomic E-state index is 0.118. The van der Waals surface area contributed by atoms with Crippen molar-refractivity contribution in [1.82, 2.24) is 5.32 Å². The third kappa shape index (κ3) is 3.43. The van der Waals surface area contributed by atoms with E-state index in [4.69, 9.17) is 0 Å². The van der Waals surface area contributed by atoms with Gasteiger partial charge >= 0.3 is 0 Å². The van der Waals surface area contributed by atoms with Crippen molar-refractivity contribution >= 4 is 21.6 Å². The van der Waals surface area contributed by atoms with Gasteiger partial charge in [0.15, 0.2) is 0 Å². The van der Waals surface area contributed by atoms with Crippen LogP contribution >= 0.6 is 0 Å². The van der Waals surface area contributed by atoms with Crippen molar-refractivity contribution in [3.05, 3.63) is 59.7 Å². The van der Waals surface area contributed by atoms with Crippen LogP contribution in [0.4, 0.5) is 5.69 Å². The van der Waals surface area contributed by atoms with E-state index in [0.29, 0.717) is 17.3 Å². The molecular formula is C18H20N2O3S. The topological polar surface area (TPSA) is 66.5 Å². The lowest BCUT2D eigenvalue weighted by Crippen LogP contribution is -2.27. The third-order valence-electron chi connectivity index (χ3n) is 4.09. The van der Waals surface area contributed by atoms with E-state index in [9.17, 15) is 13.2 Å². The molecule has 0 spiro atoms. The van der Waals surface area contributed by atoms with Gasteiger partial charge < -0.3 is 5.32 Å². The zero-order chi connectivity index (χ0) is 17.3. The van der Waals surface area contributed by atoms with Gasteiger partial charge in [-0.1, -0.05) is 17.7 Å². The molecule has 0 heterocycles. The molecule has 24 heavy (non-hydrogen) atoms.